The number of nitrogens with zero attached hydrogens (tertiary/aromatic N) is 1. The maximum atomic E-state index is 11.4. The molecule has 1 amide bonds. The summed E-state index contributed by atoms with van der Waals surface area (Å²) >= 11 is 4.70. The van der Waals surface area contributed by atoms with Gasteiger partial charge in [-0.15, -0.1) is 0 Å². The van der Waals surface area contributed by atoms with Gasteiger partial charge in [0, 0.05) is 22.2 Å². The fraction of sp³-hybridized carbons (Fsp3) is 0.714. The Morgan fingerprint density at radius 2 is 1.85 bits per heavy atom. The van der Waals surface area contributed by atoms with Gasteiger partial charge in [-0.05, 0) is 13.8 Å². The molecule has 0 aromatic carbocycles. The summed E-state index contributed by atoms with van der Waals surface area (Å²) in [5.74, 6) is -0.532. The molecule has 0 atom stereocenters. The van der Waals surface area contributed by atoms with Crippen LogP contribution >= 0.6 is 12.2 Å². The predicted molar refractivity (Wildman–Crippen MR) is 58.0 cm³/mol. The lowest BCUT2D eigenvalue weighted by atomic mass is 9.93. The Kier molecular flexibility index (Phi) is 3.57. The fourth-order valence-electron chi connectivity index (χ4n) is 0.419. The van der Waals surface area contributed by atoms with Crippen molar-refractivity contribution in [1.82, 2.24) is 0 Å². The van der Waals surface area contributed by atoms with Crippen molar-refractivity contribution in [2.75, 3.05) is 12.5 Å². The molecular formula is C7H14N2O2S2. The molecule has 0 saturated heterocycles. The summed E-state index contributed by atoms with van der Waals surface area (Å²) < 4.78 is 14.7. The van der Waals surface area contributed by atoms with E-state index in [-0.39, 0.29) is 4.99 Å². The zero-order valence-electron chi connectivity index (χ0n) is 8.16. The SMILES string of the molecule is CC(C)(C(=O)N=S(C)(C)=O)C(N)=S. The number of hydrogen-bond acceptors (Lipinski definition) is 3. The van der Waals surface area contributed by atoms with Crippen LogP contribution in [0.5, 0.6) is 0 Å². The number of thiocarbonyl (C=S) groups is 1. The molecule has 0 spiro atoms. The van der Waals surface area contributed by atoms with Crippen molar-refractivity contribution in [3.63, 3.8) is 0 Å². The molecule has 13 heavy (non-hydrogen) atoms. The molecule has 0 aromatic rings. The number of rotatable bonds is 2. The molecule has 0 unspecified atom stereocenters. The van der Waals surface area contributed by atoms with Crippen LogP contribution in [-0.2, 0) is 14.5 Å². The van der Waals surface area contributed by atoms with Gasteiger partial charge < -0.3 is 5.73 Å². The van der Waals surface area contributed by atoms with Crippen LogP contribution in [0.25, 0.3) is 0 Å². The molecule has 0 saturated carbocycles. The summed E-state index contributed by atoms with van der Waals surface area (Å²) in [4.78, 5) is 11.5. The number of hydrogen-bond donors (Lipinski definition) is 1. The van der Waals surface area contributed by atoms with Crippen LogP contribution in [0.15, 0.2) is 4.36 Å². The standard InChI is InChI=1S/C7H14N2O2S2/c1-7(2,5(8)12)6(10)9-13(3,4)11/h1-4H3,(H2,8,12). The van der Waals surface area contributed by atoms with Crippen molar-refractivity contribution in [2.24, 2.45) is 15.5 Å². The quantitative estimate of drug-likeness (QED) is 0.693. The Bertz CT molecular complexity index is 344. The van der Waals surface area contributed by atoms with Crippen molar-refractivity contribution in [1.29, 1.82) is 0 Å². The predicted octanol–water partition coefficient (Wildman–Crippen LogP) is 0.553. The fourth-order valence-corrected chi connectivity index (χ4v) is 1.13. The first-order valence-corrected chi connectivity index (χ1v) is 6.33. The van der Waals surface area contributed by atoms with E-state index in [1.54, 1.807) is 13.8 Å². The molecule has 0 fully saturated rings. The van der Waals surface area contributed by atoms with Gasteiger partial charge in [0.2, 0.25) is 0 Å². The zero-order chi connectivity index (χ0) is 10.9. The lowest BCUT2D eigenvalue weighted by Gasteiger charge is -2.18. The van der Waals surface area contributed by atoms with Crippen LogP contribution in [0.4, 0.5) is 0 Å². The third-order valence-corrected chi connectivity index (χ3v) is 2.57. The summed E-state index contributed by atoms with van der Waals surface area (Å²) in [6.07, 6.45) is 2.78. The first-order valence-electron chi connectivity index (χ1n) is 3.59. The largest absolute Gasteiger partial charge is 0.392 e. The van der Waals surface area contributed by atoms with Crippen molar-refractivity contribution in [3.8, 4) is 0 Å². The molecule has 0 aromatic heterocycles. The third-order valence-electron chi connectivity index (χ3n) is 1.45. The molecule has 4 nitrogen and oxygen atoms in total. The first-order chi connectivity index (χ1) is 5.57. The summed E-state index contributed by atoms with van der Waals surface area (Å²) in [7, 11) is -2.43. The van der Waals surface area contributed by atoms with E-state index < -0.39 is 21.1 Å². The van der Waals surface area contributed by atoms with Gasteiger partial charge in [0.1, 0.15) is 0 Å². The van der Waals surface area contributed by atoms with Crippen LogP contribution in [0.1, 0.15) is 13.8 Å². The third kappa shape index (κ3) is 3.82. The molecule has 0 bridgehead atoms. The van der Waals surface area contributed by atoms with E-state index in [1.807, 2.05) is 0 Å². The topological polar surface area (TPSA) is 72.5 Å². The molecular weight excluding hydrogens is 208 g/mol. The molecule has 0 radical (unpaired) electrons. The van der Waals surface area contributed by atoms with Crippen molar-refractivity contribution >= 4 is 32.8 Å². The second-order valence-corrected chi connectivity index (χ2v) is 6.55. The number of nitrogens with two attached hydrogens (primary N) is 1. The molecule has 2 N–H and O–H groups in total. The molecule has 0 heterocycles. The van der Waals surface area contributed by atoms with E-state index in [2.05, 4.69) is 4.36 Å². The van der Waals surface area contributed by atoms with Gasteiger partial charge in [0.25, 0.3) is 5.91 Å². The Morgan fingerprint density at radius 1 is 1.46 bits per heavy atom. The highest BCUT2D eigenvalue weighted by atomic mass is 32.2. The molecule has 0 aliphatic rings. The molecule has 0 rings (SSSR count). The van der Waals surface area contributed by atoms with E-state index in [4.69, 9.17) is 18.0 Å². The van der Waals surface area contributed by atoms with Crippen LogP contribution < -0.4 is 5.73 Å². The minimum Gasteiger partial charge on any atom is -0.392 e. The van der Waals surface area contributed by atoms with Crippen molar-refractivity contribution < 1.29 is 9.00 Å². The molecule has 0 aliphatic heterocycles. The highest BCUT2D eigenvalue weighted by Gasteiger charge is 2.31. The average molecular weight is 222 g/mol. The van der Waals surface area contributed by atoms with E-state index in [1.165, 1.54) is 12.5 Å². The number of amides is 1. The van der Waals surface area contributed by atoms with Gasteiger partial charge in [-0.25, -0.2) is 4.21 Å². The maximum absolute atomic E-state index is 11.4. The number of carbonyl (C=O) groups excluding carboxylic acids is 1. The Morgan fingerprint density at radius 3 is 2.08 bits per heavy atom. The highest BCUT2D eigenvalue weighted by Crippen LogP contribution is 2.18. The van der Waals surface area contributed by atoms with E-state index in [0.717, 1.165) is 0 Å². The Balaban J connectivity index is 5.06. The smallest absolute Gasteiger partial charge is 0.266 e. The van der Waals surface area contributed by atoms with Crippen LogP contribution in [0, 0.1) is 5.41 Å². The van der Waals surface area contributed by atoms with Crippen LogP contribution in [0.3, 0.4) is 0 Å². The second-order valence-electron chi connectivity index (χ2n) is 3.57. The zero-order valence-corrected chi connectivity index (χ0v) is 9.79. The minimum absolute atomic E-state index is 0.0601. The molecule has 6 heteroatoms. The average Bonchev–Trinajstić information content (AvgIpc) is 1.82. The molecule has 76 valence electrons. The van der Waals surface area contributed by atoms with E-state index >= 15 is 0 Å². The van der Waals surface area contributed by atoms with Gasteiger partial charge in [0.05, 0.1) is 10.4 Å². The minimum atomic E-state index is -2.43. The van der Waals surface area contributed by atoms with Gasteiger partial charge >= 0.3 is 0 Å². The summed E-state index contributed by atoms with van der Waals surface area (Å²) in [6, 6.07) is 0. The lowest BCUT2D eigenvalue weighted by molar-refractivity contribution is -0.122. The highest BCUT2D eigenvalue weighted by molar-refractivity contribution is 7.92. The summed E-state index contributed by atoms with van der Waals surface area (Å²) in [6.45, 7) is 3.12. The van der Waals surface area contributed by atoms with Crippen molar-refractivity contribution in [3.05, 3.63) is 0 Å². The van der Waals surface area contributed by atoms with E-state index in [0.29, 0.717) is 0 Å². The van der Waals surface area contributed by atoms with Gasteiger partial charge in [0.15, 0.2) is 0 Å². The van der Waals surface area contributed by atoms with E-state index in [9.17, 15) is 9.00 Å². The lowest BCUT2D eigenvalue weighted by Crippen LogP contribution is -2.36. The van der Waals surface area contributed by atoms with Crippen LogP contribution in [-0.4, -0.2) is 27.6 Å². The second kappa shape index (κ2) is 3.71. The summed E-state index contributed by atoms with van der Waals surface area (Å²) in [5, 5.41) is 0. The van der Waals surface area contributed by atoms with Gasteiger partial charge in [-0.2, -0.15) is 4.36 Å². The first kappa shape index (κ1) is 12.5. The van der Waals surface area contributed by atoms with Crippen LogP contribution in [0.2, 0.25) is 0 Å². The molecule has 0 aliphatic carbocycles. The maximum Gasteiger partial charge on any atom is 0.266 e. The Hall–Kier alpha value is -0.490. The van der Waals surface area contributed by atoms with Gasteiger partial charge in [-0.3, -0.25) is 4.79 Å². The van der Waals surface area contributed by atoms with Gasteiger partial charge in [-0.1, -0.05) is 12.2 Å². The monoisotopic (exact) mass is 222 g/mol. The van der Waals surface area contributed by atoms with Crippen molar-refractivity contribution in [2.45, 2.75) is 13.8 Å². The Labute approximate surface area is 84.1 Å². The number of carbonyl (C=O) groups is 1. The normalized spacial score (nSPS) is 12.3. The summed E-state index contributed by atoms with van der Waals surface area (Å²) in [5.41, 5.74) is 4.34.